The van der Waals surface area contributed by atoms with Gasteiger partial charge in [0.2, 0.25) is 5.91 Å². The van der Waals surface area contributed by atoms with Crippen molar-refractivity contribution in [3.63, 3.8) is 0 Å². The van der Waals surface area contributed by atoms with Crippen molar-refractivity contribution in [1.29, 1.82) is 0 Å². The maximum atomic E-state index is 13.0. The van der Waals surface area contributed by atoms with E-state index < -0.39 is 55.6 Å². The van der Waals surface area contributed by atoms with Gasteiger partial charge in [-0.15, -0.1) is 0 Å². The Kier molecular flexibility index (Phi) is 38.8. The van der Waals surface area contributed by atoms with E-state index in [4.69, 9.17) is 9.47 Å². The Balaban J connectivity index is 2.23. The molecule has 0 saturated carbocycles. The number of hydrogen-bond acceptors (Lipinski definition) is 9. The van der Waals surface area contributed by atoms with Crippen LogP contribution in [-0.2, 0) is 14.3 Å². The van der Waals surface area contributed by atoms with E-state index in [0.717, 1.165) is 50.9 Å². The zero-order valence-electron chi connectivity index (χ0n) is 40.0. The van der Waals surface area contributed by atoms with Gasteiger partial charge in [-0.25, -0.2) is 0 Å². The number of carbonyl (C=O) groups is 1. The molecule has 1 amide bonds. The van der Waals surface area contributed by atoms with Crippen LogP contribution in [0.4, 0.5) is 0 Å². The smallest absolute Gasteiger partial charge is 0.220 e. The molecule has 1 fully saturated rings. The first kappa shape index (κ1) is 58.2. The lowest BCUT2D eigenvalue weighted by Crippen LogP contribution is -2.60. The molecule has 10 nitrogen and oxygen atoms in total. The SMILES string of the molecule is CCCCCCCCCCCCCCCCCCCCCCCCCCCC(=O)N[C@@H](CO[C@@H]1O[C@H](CO)[C@@H](O)[C@H](O)[C@H]1O)[C@H](O)[C@H](O)CCCCCCCCCCC(C)C. The van der Waals surface area contributed by atoms with Crippen molar-refractivity contribution in [2.75, 3.05) is 13.2 Å². The second kappa shape index (κ2) is 40.6. The number of aliphatic hydroxyl groups excluding tert-OH is 6. The van der Waals surface area contributed by atoms with Gasteiger partial charge in [0.25, 0.3) is 0 Å². The molecule has 8 atom stereocenters. The molecule has 1 heterocycles. The van der Waals surface area contributed by atoms with E-state index in [1.807, 2.05) is 0 Å². The van der Waals surface area contributed by atoms with Crippen LogP contribution in [0.3, 0.4) is 0 Å². The maximum Gasteiger partial charge on any atom is 0.220 e. The lowest BCUT2D eigenvalue weighted by atomic mass is 9.98. The summed E-state index contributed by atoms with van der Waals surface area (Å²) in [6.07, 6.45) is 34.3. The average molecular weight is 872 g/mol. The van der Waals surface area contributed by atoms with Crippen LogP contribution in [0.2, 0.25) is 0 Å². The van der Waals surface area contributed by atoms with Crippen LogP contribution >= 0.6 is 0 Å². The van der Waals surface area contributed by atoms with E-state index in [1.54, 1.807) is 0 Å². The van der Waals surface area contributed by atoms with E-state index in [0.29, 0.717) is 6.42 Å². The topological polar surface area (TPSA) is 169 Å². The van der Waals surface area contributed by atoms with Crippen LogP contribution in [0.25, 0.3) is 0 Å². The number of ether oxygens (including phenoxy) is 2. The van der Waals surface area contributed by atoms with E-state index in [1.165, 1.54) is 173 Å². The van der Waals surface area contributed by atoms with Gasteiger partial charge >= 0.3 is 0 Å². The largest absolute Gasteiger partial charge is 0.394 e. The van der Waals surface area contributed by atoms with Crippen molar-refractivity contribution in [3.8, 4) is 0 Å². The third-order valence-electron chi connectivity index (χ3n) is 13.0. The van der Waals surface area contributed by atoms with E-state index in [2.05, 4.69) is 26.1 Å². The van der Waals surface area contributed by atoms with Crippen LogP contribution in [-0.4, -0.2) is 98.7 Å². The van der Waals surface area contributed by atoms with Crippen molar-refractivity contribution in [1.82, 2.24) is 5.32 Å². The van der Waals surface area contributed by atoms with Crippen molar-refractivity contribution >= 4 is 5.91 Å². The summed E-state index contributed by atoms with van der Waals surface area (Å²) in [7, 11) is 0. The molecule has 364 valence electrons. The second-order valence-electron chi connectivity index (χ2n) is 19.3. The Hall–Kier alpha value is -0.850. The summed E-state index contributed by atoms with van der Waals surface area (Å²) < 4.78 is 11.2. The third kappa shape index (κ3) is 31.6. The minimum atomic E-state index is -1.60. The first-order chi connectivity index (χ1) is 29.6. The summed E-state index contributed by atoms with van der Waals surface area (Å²) in [5, 5.41) is 65.2. The highest BCUT2D eigenvalue weighted by Gasteiger charge is 2.44. The van der Waals surface area contributed by atoms with Gasteiger partial charge in [0.15, 0.2) is 6.29 Å². The summed E-state index contributed by atoms with van der Waals surface area (Å²) in [4.78, 5) is 13.0. The molecule has 1 saturated heterocycles. The second-order valence-corrected chi connectivity index (χ2v) is 19.3. The van der Waals surface area contributed by atoms with Crippen molar-refractivity contribution in [2.24, 2.45) is 5.92 Å². The lowest BCUT2D eigenvalue weighted by molar-refractivity contribution is -0.303. The van der Waals surface area contributed by atoms with Gasteiger partial charge in [0, 0.05) is 6.42 Å². The standard InChI is InChI=1S/C51H101NO9/c1-4-5-6-7-8-9-10-11-12-13-14-15-16-17-18-19-20-21-22-23-24-25-30-33-36-39-46(55)52-43(41-60-51-50(59)49(58)48(57)45(40-53)61-51)47(56)44(54)38-35-32-29-27-26-28-31-34-37-42(2)3/h42-45,47-51,53-54,56-59H,4-41H2,1-3H3,(H,52,55)/t43-,44+,45+,47-,48+,49-,50+,51+/m0/s1. The number of carbonyl (C=O) groups excluding carboxylic acids is 1. The number of aliphatic hydroxyl groups is 6. The lowest BCUT2D eigenvalue weighted by Gasteiger charge is -2.40. The third-order valence-corrected chi connectivity index (χ3v) is 13.0. The Labute approximate surface area is 375 Å². The van der Waals surface area contributed by atoms with Crippen LogP contribution in [0.5, 0.6) is 0 Å². The van der Waals surface area contributed by atoms with Gasteiger partial charge in [0.05, 0.1) is 25.4 Å². The quantitative estimate of drug-likeness (QED) is 0.0295. The fraction of sp³-hybridized carbons (Fsp3) is 0.980. The molecule has 0 unspecified atom stereocenters. The molecule has 0 aromatic rings. The van der Waals surface area contributed by atoms with Gasteiger partial charge in [-0.1, -0.05) is 233 Å². The van der Waals surface area contributed by atoms with E-state index >= 15 is 0 Å². The number of unbranched alkanes of at least 4 members (excludes halogenated alkanes) is 31. The number of rotatable bonds is 44. The molecule has 1 rings (SSSR count). The molecular formula is C51H101NO9. The molecule has 0 aromatic carbocycles. The molecule has 10 heteroatoms. The fourth-order valence-corrected chi connectivity index (χ4v) is 8.74. The fourth-order valence-electron chi connectivity index (χ4n) is 8.74. The van der Waals surface area contributed by atoms with Crippen molar-refractivity contribution in [3.05, 3.63) is 0 Å². The van der Waals surface area contributed by atoms with E-state index in [9.17, 15) is 35.4 Å². The average Bonchev–Trinajstić information content (AvgIpc) is 3.25. The molecule has 1 aliphatic rings. The summed E-state index contributed by atoms with van der Waals surface area (Å²) >= 11 is 0. The Morgan fingerprint density at radius 1 is 0.541 bits per heavy atom. The first-order valence-electron chi connectivity index (χ1n) is 26.2. The number of amides is 1. The predicted octanol–water partition coefficient (Wildman–Crippen LogP) is 10.7. The minimum Gasteiger partial charge on any atom is -0.394 e. The first-order valence-corrected chi connectivity index (χ1v) is 26.2. The highest BCUT2D eigenvalue weighted by Crippen LogP contribution is 2.23. The molecular weight excluding hydrogens is 771 g/mol. The summed E-state index contributed by atoms with van der Waals surface area (Å²) in [5.74, 6) is 0.507. The molecule has 0 spiro atoms. The highest BCUT2D eigenvalue weighted by molar-refractivity contribution is 5.76. The number of nitrogens with one attached hydrogen (secondary N) is 1. The molecule has 1 aliphatic heterocycles. The molecule has 0 bridgehead atoms. The monoisotopic (exact) mass is 872 g/mol. The van der Waals surface area contributed by atoms with Gasteiger partial charge in [0.1, 0.15) is 30.5 Å². The molecule has 61 heavy (non-hydrogen) atoms. The number of hydrogen-bond donors (Lipinski definition) is 7. The van der Waals surface area contributed by atoms with Gasteiger partial charge in [-0.05, 0) is 18.8 Å². The zero-order chi connectivity index (χ0) is 44.8. The van der Waals surface area contributed by atoms with Crippen LogP contribution in [0.15, 0.2) is 0 Å². The Bertz CT molecular complexity index is 955. The minimum absolute atomic E-state index is 0.254. The van der Waals surface area contributed by atoms with Crippen LogP contribution < -0.4 is 5.32 Å². The Morgan fingerprint density at radius 2 is 0.918 bits per heavy atom. The van der Waals surface area contributed by atoms with E-state index in [-0.39, 0.29) is 18.9 Å². The maximum absolute atomic E-state index is 13.0. The normalized spacial score (nSPS) is 20.9. The van der Waals surface area contributed by atoms with Gasteiger partial charge < -0.3 is 45.4 Å². The predicted molar refractivity (Wildman–Crippen MR) is 250 cm³/mol. The van der Waals surface area contributed by atoms with Crippen molar-refractivity contribution < 1.29 is 44.9 Å². The molecule has 0 aliphatic carbocycles. The summed E-state index contributed by atoms with van der Waals surface area (Å²) in [6, 6.07) is -0.986. The van der Waals surface area contributed by atoms with Gasteiger partial charge in [-0.3, -0.25) is 4.79 Å². The highest BCUT2D eigenvalue weighted by atomic mass is 16.7. The van der Waals surface area contributed by atoms with Crippen LogP contribution in [0, 0.1) is 5.92 Å². The zero-order valence-corrected chi connectivity index (χ0v) is 40.0. The summed E-state index contributed by atoms with van der Waals surface area (Å²) in [6.45, 7) is 5.92. The molecule has 7 N–H and O–H groups in total. The van der Waals surface area contributed by atoms with Crippen LogP contribution in [0.1, 0.15) is 252 Å². The van der Waals surface area contributed by atoms with Crippen molar-refractivity contribution in [2.45, 2.75) is 301 Å². The molecule has 0 aromatic heterocycles. The Morgan fingerprint density at radius 3 is 1.31 bits per heavy atom. The summed E-state index contributed by atoms with van der Waals surface area (Å²) in [5.41, 5.74) is 0. The van der Waals surface area contributed by atoms with Gasteiger partial charge in [-0.2, -0.15) is 0 Å². The molecule has 0 radical (unpaired) electrons.